The number of ether oxygens (including phenoxy) is 1. The molecule has 5 heteroatoms. The summed E-state index contributed by atoms with van der Waals surface area (Å²) >= 11 is 0. The first-order valence-electron chi connectivity index (χ1n) is 6.37. The Labute approximate surface area is 104 Å². The van der Waals surface area contributed by atoms with Gasteiger partial charge in [0.2, 0.25) is 0 Å². The van der Waals surface area contributed by atoms with Crippen LogP contribution in [0.5, 0.6) is 0 Å². The minimum absolute atomic E-state index is 0.136. The molecular weight excluding hydrogens is 240 g/mol. The lowest BCUT2D eigenvalue weighted by molar-refractivity contribution is -0.0999. The Morgan fingerprint density at radius 2 is 2.06 bits per heavy atom. The largest absolute Gasteiger partial charge is 0.393 e. The monoisotopic (exact) mass is 264 g/mol. The summed E-state index contributed by atoms with van der Waals surface area (Å²) in [5.74, 6) is 0.367. The fraction of sp³-hybridized carbons (Fsp3) is 1.00. The van der Waals surface area contributed by atoms with Crippen molar-refractivity contribution in [1.82, 2.24) is 0 Å². The molecule has 0 aromatic rings. The van der Waals surface area contributed by atoms with Gasteiger partial charge in [0.1, 0.15) is 9.84 Å². The number of hydrogen-bond acceptors (Lipinski definition) is 4. The van der Waals surface area contributed by atoms with Crippen molar-refractivity contribution < 1.29 is 18.3 Å². The Morgan fingerprint density at radius 3 is 2.47 bits per heavy atom. The second kappa shape index (κ2) is 6.16. The topological polar surface area (TPSA) is 63.6 Å². The van der Waals surface area contributed by atoms with Crippen molar-refractivity contribution >= 4 is 9.84 Å². The molecule has 0 saturated heterocycles. The number of methoxy groups -OCH3 is 1. The average molecular weight is 264 g/mol. The standard InChI is InChI=1S/C12H24O4S/c1-3-17(14,15)9-4-6-11(13)10-12(16-2)7-5-8-12/h11,13H,3-10H2,1-2H3. The summed E-state index contributed by atoms with van der Waals surface area (Å²) < 4.78 is 28.0. The van der Waals surface area contributed by atoms with Gasteiger partial charge in [0.15, 0.2) is 0 Å². The molecule has 0 aliphatic heterocycles. The van der Waals surface area contributed by atoms with E-state index in [2.05, 4.69) is 0 Å². The third kappa shape index (κ3) is 4.56. The van der Waals surface area contributed by atoms with Gasteiger partial charge in [0.25, 0.3) is 0 Å². The lowest BCUT2D eigenvalue weighted by Crippen LogP contribution is -2.42. The summed E-state index contributed by atoms with van der Waals surface area (Å²) in [5, 5.41) is 9.88. The molecule has 17 heavy (non-hydrogen) atoms. The Bertz CT molecular complexity index is 314. The molecule has 1 aliphatic carbocycles. The fourth-order valence-electron chi connectivity index (χ4n) is 2.28. The molecule has 1 fully saturated rings. The maximum atomic E-state index is 11.3. The van der Waals surface area contributed by atoms with Gasteiger partial charge in [0.05, 0.1) is 17.5 Å². The summed E-state index contributed by atoms with van der Waals surface area (Å²) in [6, 6.07) is 0. The number of hydrogen-bond donors (Lipinski definition) is 1. The molecule has 1 aliphatic rings. The number of sulfone groups is 1. The Balaban J connectivity index is 2.24. The summed E-state index contributed by atoms with van der Waals surface area (Å²) in [5.41, 5.74) is -0.136. The van der Waals surface area contributed by atoms with Gasteiger partial charge in [-0.1, -0.05) is 6.92 Å². The van der Waals surface area contributed by atoms with E-state index in [1.165, 1.54) is 0 Å². The SMILES string of the molecule is CCS(=O)(=O)CCCC(O)CC1(OC)CCC1. The van der Waals surface area contributed by atoms with Crippen molar-refractivity contribution in [1.29, 1.82) is 0 Å². The summed E-state index contributed by atoms with van der Waals surface area (Å²) in [4.78, 5) is 0. The molecular formula is C12H24O4S. The van der Waals surface area contributed by atoms with Gasteiger partial charge < -0.3 is 9.84 Å². The van der Waals surface area contributed by atoms with E-state index in [1.54, 1.807) is 14.0 Å². The molecule has 1 unspecified atom stereocenters. The van der Waals surface area contributed by atoms with Crippen molar-refractivity contribution in [3.63, 3.8) is 0 Å². The highest BCUT2D eigenvalue weighted by Crippen LogP contribution is 2.39. The second-order valence-electron chi connectivity index (χ2n) is 4.98. The number of aliphatic hydroxyl groups excluding tert-OH is 1. The molecule has 4 nitrogen and oxygen atoms in total. The van der Waals surface area contributed by atoms with E-state index in [9.17, 15) is 13.5 Å². The molecule has 0 heterocycles. The summed E-state index contributed by atoms with van der Waals surface area (Å²) in [6.07, 6.45) is 4.45. The first-order valence-corrected chi connectivity index (χ1v) is 8.19. The Hall–Kier alpha value is -0.130. The van der Waals surface area contributed by atoms with Gasteiger partial charge >= 0.3 is 0 Å². The molecule has 0 radical (unpaired) electrons. The van der Waals surface area contributed by atoms with E-state index >= 15 is 0 Å². The van der Waals surface area contributed by atoms with Gasteiger partial charge in [-0.3, -0.25) is 0 Å². The predicted octanol–water partition coefficient (Wildman–Crippen LogP) is 1.52. The quantitative estimate of drug-likeness (QED) is 0.722. The molecule has 1 atom stereocenters. The molecule has 0 aromatic heterocycles. The summed E-state index contributed by atoms with van der Waals surface area (Å²) in [6.45, 7) is 1.65. The fourth-order valence-corrected chi connectivity index (χ4v) is 3.17. The first kappa shape index (κ1) is 14.9. The van der Waals surface area contributed by atoms with Crippen LogP contribution in [-0.4, -0.2) is 43.8 Å². The van der Waals surface area contributed by atoms with Crippen molar-refractivity contribution in [2.24, 2.45) is 0 Å². The molecule has 0 amide bonds. The van der Waals surface area contributed by atoms with Crippen LogP contribution in [0, 0.1) is 0 Å². The van der Waals surface area contributed by atoms with Gasteiger partial charge in [-0.15, -0.1) is 0 Å². The van der Waals surface area contributed by atoms with Crippen molar-refractivity contribution in [2.45, 2.75) is 57.2 Å². The highest BCUT2D eigenvalue weighted by atomic mass is 32.2. The Kier molecular flexibility index (Phi) is 5.41. The number of rotatable bonds is 8. The van der Waals surface area contributed by atoms with Crippen molar-refractivity contribution in [3.05, 3.63) is 0 Å². The maximum absolute atomic E-state index is 11.3. The van der Waals surface area contributed by atoms with Crippen LogP contribution in [0.15, 0.2) is 0 Å². The van der Waals surface area contributed by atoms with Crippen LogP contribution >= 0.6 is 0 Å². The lowest BCUT2D eigenvalue weighted by Gasteiger charge is -2.41. The summed E-state index contributed by atoms with van der Waals surface area (Å²) in [7, 11) is -1.21. The minimum Gasteiger partial charge on any atom is -0.393 e. The van der Waals surface area contributed by atoms with Gasteiger partial charge in [-0.2, -0.15) is 0 Å². The number of aliphatic hydroxyl groups is 1. The molecule has 1 rings (SSSR count). The van der Waals surface area contributed by atoms with Crippen LogP contribution in [0.4, 0.5) is 0 Å². The van der Waals surface area contributed by atoms with E-state index in [0.717, 1.165) is 19.3 Å². The third-order valence-corrected chi connectivity index (χ3v) is 5.53. The molecule has 0 bridgehead atoms. The molecule has 0 aromatic carbocycles. The highest BCUT2D eigenvalue weighted by Gasteiger charge is 2.38. The van der Waals surface area contributed by atoms with E-state index in [1.807, 2.05) is 0 Å². The van der Waals surface area contributed by atoms with Crippen LogP contribution in [-0.2, 0) is 14.6 Å². The first-order chi connectivity index (χ1) is 7.93. The van der Waals surface area contributed by atoms with Crippen LogP contribution in [0.25, 0.3) is 0 Å². The van der Waals surface area contributed by atoms with E-state index in [-0.39, 0.29) is 17.1 Å². The van der Waals surface area contributed by atoms with Crippen molar-refractivity contribution in [3.8, 4) is 0 Å². The van der Waals surface area contributed by atoms with E-state index in [0.29, 0.717) is 19.3 Å². The smallest absolute Gasteiger partial charge is 0.150 e. The predicted molar refractivity (Wildman–Crippen MR) is 67.8 cm³/mol. The molecule has 0 spiro atoms. The third-order valence-electron chi connectivity index (χ3n) is 3.74. The van der Waals surface area contributed by atoms with E-state index in [4.69, 9.17) is 4.74 Å². The van der Waals surface area contributed by atoms with Crippen LogP contribution in [0.1, 0.15) is 45.4 Å². The van der Waals surface area contributed by atoms with E-state index < -0.39 is 15.9 Å². The zero-order chi connectivity index (χ0) is 12.9. The maximum Gasteiger partial charge on any atom is 0.150 e. The molecule has 1 N–H and O–H groups in total. The minimum atomic E-state index is -2.90. The second-order valence-corrected chi connectivity index (χ2v) is 7.45. The van der Waals surface area contributed by atoms with Crippen LogP contribution in [0.2, 0.25) is 0 Å². The van der Waals surface area contributed by atoms with Gasteiger partial charge in [-0.25, -0.2) is 8.42 Å². The van der Waals surface area contributed by atoms with Gasteiger partial charge in [0, 0.05) is 19.3 Å². The lowest BCUT2D eigenvalue weighted by atomic mass is 9.75. The molecule has 102 valence electrons. The van der Waals surface area contributed by atoms with Gasteiger partial charge in [-0.05, 0) is 32.1 Å². The average Bonchev–Trinajstić information content (AvgIpc) is 2.23. The normalized spacial score (nSPS) is 20.9. The zero-order valence-electron chi connectivity index (χ0n) is 10.8. The highest BCUT2D eigenvalue weighted by molar-refractivity contribution is 7.91. The van der Waals surface area contributed by atoms with Crippen molar-refractivity contribution in [2.75, 3.05) is 18.6 Å². The van der Waals surface area contributed by atoms with Crippen LogP contribution < -0.4 is 0 Å². The zero-order valence-corrected chi connectivity index (χ0v) is 11.6. The molecule has 1 saturated carbocycles. The van der Waals surface area contributed by atoms with Crippen LogP contribution in [0.3, 0.4) is 0 Å². The Morgan fingerprint density at radius 1 is 1.41 bits per heavy atom.